The fourth-order valence-corrected chi connectivity index (χ4v) is 10.8. The Morgan fingerprint density at radius 1 is 0.451 bits per heavy atom. The number of amides is 4. The zero-order valence-electron chi connectivity index (χ0n) is 50.7. The molecule has 0 radical (unpaired) electrons. The van der Waals surface area contributed by atoms with Gasteiger partial charge in [-0.25, -0.2) is 28.0 Å². The molecule has 18 nitrogen and oxygen atoms in total. The number of ether oxygens (including phenoxy) is 6. The van der Waals surface area contributed by atoms with Gasteiger partial charge in [-0.05, 0) is 126 Å². The molecule has 3 aliphatic rings. The Labute approximate surface area is 483 Å². The lowest BCUT2D eigenvalue weighted by molar-refractivity contribution is -0.176. The highest BCUT2D eigenvalue weighted by molar-refractivity contribution is 5.94. The zero-order chi connectivity index (χ0) is 61.0. The van der Waals surface area contributed by atoms with Crippen molar-refractivity contribution in [3.05, 3.63) is 70.8 Å². The molecule has 8 atom stereocenters. The van der Waals surface area contributed by atoms with Crippen molar-refractivity contribution in [3.63, 3.8) is 0 Å². The van der Waals surface area contributed by atoms with Crippen molar-refractivity contribution in [3.8, 4) is 0 Å². The van der Waals surface area contributed by atoms with Crippen LogP contribution in [0.4, 0.5) is 8.78 Å². The highest BCUT2D eigenvalue weighted by Gasteiger charge is 2.45. The summed E-state index contributed by atoms with van der Waals surface area (Å²) >= 11 is 0. The SMILES string of the molecule is CC(C)C[C@H]1C(=O)O[C@H](C)C(=O)N(C)[C@@H](CC(C)(C)F)C(=O)O[C@H](Cc2ccc(C3CCOCC3)cc2)C(=O)N(C)[C@@H](CC(C)C)C(=O)O[C@H](C)C(=O)N(C)[C@@H](CC(C)(C)F)C(=O)O[C@H](Cc2ccc(C3CCOCC3)cc2)C(=O)N1C. The second-order valence-electron chi connectivity index (χ2n) is 24.6. The first-order valence-electron chi connectivity index (χ1n) is 28.9. The Balaban J connectivity index is 1.61. The summed E-state index contributed by atoms with van der Waals surface area (Å²) in [6.07, 6.45) is -5.04. The van der Waals surface area contributed by atoms with Crippen LogP contribution in [0.2, 0.25) is 0 Å². The third kappa shape index (κ3) is 19.0. The van der Waals surface area contributed by atoms with Crippen molar-refractivity contribution < 1.29 is 75.6 Å². The number of hydrogen-bond acceptors (Lipinski definition) is 14. The van der Waals surface area contributed by atoms with Crippen LogP contribution in [-0.4, -0.2) is 182 Å². The summed E-state index contributed by atoms with van der Waals surface area (Å²) in [5, 5.41) is 0. The number of halogens is 2. The minimum absolute atomic E-state index is 0.00402. The molecule has 0 saturated carbocycles. The van der Waals surface area contributed by atoms with Crippen LogP contribution in [0.5, 0.6) is 0 Å². The van der Waals surface area contributed by atoms with Gasteiger partial charge in [-0.1, -0.05) is 76.2 Å². The van der Waals surface area contributed by atoms with E-state index in [1.54, 1.807) is 52.0 Å². The van der Waals surface area contributed by atoms with Gasteiger partial charge in [0.25, 0.3) is 23.6 Å². The Hall–Kier alpha value is -6.02. The van der Waals surface area contributed by atoms with Crippen LogP contribution in [-0.2, 0) is 79.6 Å². The number of hydrogen-bond donors (Lipinski definition) is 0. The first-order valence-corrected chi connectivity index (χ1v) is 28.9. The summed E-state index contributed by atoms with van der Waals surface area (Å²) in [5.41, 5.74) is -0.981. The first kappa shape index (κ1) is 66.8. The van der Waals surface area contributed by atoms with Crippen molar-refractivity contribution in [2.75, 3.05) is 54.6 Å². The highest BCUT2D eigenvalue weighted by Crippen LogP contribution is 2.31. The van der Waals surface area contributed by atoms with Gasteiger partial charge in [0, 0.05) is 80.3 Å². The molecule has 3 aliphatic heterocycles. The van der Waals surface area contributed by atoms with Crippen molar-refractivity contribution in [2.24, 2.45) is 11.8 Å². The van der Waals surface area contributed by atoms with Crippen molar-refractivity contribution in [2.45, 2.75) is 205 Å². The van der Waals surface area contributed by atoms with Crippen LogP contribution in [0.1, 0.15) is 155 Å². The first-order chi connectivity index (χ1) is 38.3. The van der Waals surface area contributed by atoms with E-state index in [9.17, 15) is 38.4 Å². The number of esters is 4. The van der Waals surface area contributed by atoms with Gasteiger partial charge in [-0.2, -0.15) is 0 Å². The van der Waals surface area contributed by atoms with E-state index in [1.165, 1.54) is 69.7 Å². The Morgan fingerprint density at radius 3 is 1.01 bits per heavy atom. The second kappa shape index (κ2) is 29.5. The van der Waals surface area contributed by atoms with Crippen LogP contribution < -0.4 is 0 Å². The molecular weight excluding hydrogens is 1060 g/mol. The predicted octanol–water partition coefficient (Wildman–Crippen LogP) is 7.64. The van der Waals surface area contributed by atoms with E-state index in [0.717, 1.165) is 56.4 Å². The number of carbonyl (C=O) groups excluding carboxylic acids is 8. The second-order valence-corrected chi connectivity index (χ2v) is 24.6. The van der Waals surface area contributed by atoms with Crippen LogP contribution in [0.25, 0.3) is 0 Å². The smallest absolute Gasteiger partial charge is 0.329 e. The summed E-state index contributed by atoms with van der Waals surface area (Å²) in [6.45, 7) is 17.0. The van der Waals surface area contributed by atoms with E-state index >= 15 is 8.78 Å². The number of alkyl halides is 2. The number of carbonyl (C=O) groups is 8. The number of benzene rings is 2. The van der Waals surface area contributed by atoms with Crippen molar-refractivity contribution in [1.82, 2.24) is 19.6 Å². The molecule has 0 N–H and O–H groups in total. The maximum Gasteiger partial charge on any atom is 0.329 e. The minimum Gasteiger partial charge on any atom is -0.451 e. The van der Waals surface area contributed by atoms with E-state index in [2.05, 4.69) is 0 Å². The van der Waals surface area contributed by atoms with Crippen LogP contribution in [0.3, 0.4) is 0 Å². The standard InChI is InChI=1S/C62H90F2N4O14/c1-37(2)31-47-57(73)79-39(5)53(69)67(13)50(36-62(9,10)64)60(76)82-52(34-42-17-21-44(22-18-42)46-25-29-78-30-26-46)56(72)66(12)48(32-38(3)4)58(74)80-40(6)54(70)68(14)49(35-61(7,8)63)59(75)81-51(55(71)65(47)11)33-41-15-19-43(20-16-41)45-23-27-77-28-24-45/h15-22,37-40,45-52H,23-36H2,1-14H3/t39-,40-,47+,48+,49+,50+,51-,52-/m1/s1. The van der Waals surface area contributed by atoms with Gasteiger partial charge in [0.05, 0.1) is 0 Å². The molecule has 3 heterocycles. The van der Waals surface area contributed by atoms with Gasteiger partial charge in [0.1, 0.15) is 35.5 Å². The lowest BCUT2D eigenvalue weighted by atomic mass is 9.90. The lowest BCUT2D eigenvalue weighted by Crippen LogP contribution is -2.55. The molecule has 0 aromatic heterocycles. The van der Waals surface area contributed by atoms with E-state index in [-0.39, 0.29) is 49.4 Å². The van der Waals surface area contributed by atoms with Gasteiger partial charge in [0.2, 0.25) is 0 Å². The van der Waals surface area contributed by atoms with Crippen LogP contribution in [0, 0.1) is 11.8 Å². The summed E-state index contributed by atoms with van der Waals surface area (Å²) in [5.74, 6) is -8.04. The summed E-state index contributed by atoms with van der Waals surface area (Å²) in [6, 6.07) is 8.70. The number of nitrogens with zero attached hydrogens (tertiary/aromatic N) is 4. The topological polar surface area (TPSA) is 205 Å². The zero-order valence-corrected chi connectivity index (χ0v) is 50.7. The minimum atomic E-state index is -2.11. The van der Waals surface area contributed by atoms with Gasteiger partial charge >= 0.3 is 23.9 Å². The average molecular weight is 1150 g/mol. The summed E-state index contributed by atoms with van der Waals surface area (Å²) < 4.78 is 66.7. The molecule has 2 aromatic rings. The van der Waals surface area contributed by atoms with Gasteiger partial charge in [0.15, 0.2) is 24.4 Å². The fourth-order valence-electron chi connectivity index (χ4n) is 10.8. The Kier molecular flexibility index (Phi) is 24.0. The van der Waals surface area contributed by atoms with E-state index in [0.29, 0.717) is 37.6 Å². The molecule has 20 heteroatoms. The van der Waals surface area contributed by atoms with E-state index < -0.39 is 120 Å². The molecular formula is C62H90F2N4O14. The molecule has 2 aromatic carbocycles. The van der Waals surface area contributed by atoms with Crippen molar-refractivity contribution in [1.29, 1.82) is 0 Å². The molecule has 456 valence electrons. The number of cyclic esters (lactones) is 4. The van der Waals surface area contributed by atoms with Crippen LogP contribution >= 0.6 is 0 Å². The third-order valence-electron chi connectivity index (χ3n) is 15.6. The average Bonchev–Trinajstić information content (AvgIpc) is 3.64. The maximum absolute atomic E-state index is 15.9. The molecule has 5 rings (SSSR count). The molecule has 0 bridgehead atoms. The largest absolute Gasteiger partial charge is 0.451 e. The molecule has 4 amide bonds. The highest BCUT2D eigenvalue weighted by atomic mass is 19.1. The Bertz CT molecular complexity index is 2330. The predicted molar refractivity (Wildman–Crippen MR) is 301 cm³/mol. The Morgan fingerprint density at radius 2 is 0.732 bits per heavy atom. The maximum atomic E-state index is 15.9. The quantitative estimate of drug-likeness (QED) is 0.132. The van der Waals surface area contributed by atoms with Crippen LogP contribution in [0.15, 0.2) is 48.5 Å². The van der Waals surface area contributed by atoms with E-state index in [4.69, 9.17) is 28.4 Å². The van der Waals surface area contributed by atoms with E-state index in [1.807, 2.05) is 24.3 Å². The monoisotopic (exact) mass is 1150 g/mol. The van der Waals surface area contributed by atoms with Gasteiger partial charge in [-0.15, -0.1) is 0 Å². The molecule has 0 unspecified atom stereocenters. The molecule has 3 saturated heterocycles. The van der Waals surface area contributed by atoms with Crippen molar-refractivity contribution >= 4 is 47.5 Å². The molecule has 0 spiro atoms. The lowest BCUT2D eigenvalue weighted by Gasteiger charge is -2.36. The molecule has 0 aliphatic carbocycles. The molecule has 82 heavy (non-hydrogen) atoms. The number of rotatable bonds is 14. The van der Waals surface area contributed by atoms with Gasteiger partial charge < -0.3 is 48.0 Å². The molecule has 3 fully saturated rings. The fraction of sp³-hybridized carbons (Fsp3) is 0.677. The third-order valence-corrected chi connectivity index (χ3v) is 15.6. The number of likely N-dealkylation sites (N-methyl/N-ethyl adjacent to an activating group) is 4. The summed E-state index contributed by atoms with van der Waals surface area (Å²) in [7, 11) is 5.07. The summed E-state index contributed by atoms with van der Waals surface area (Å²) in [4.78, 5) is 121. The normalized spacial score (nSPS) is 26.0. The van der Waals surface area contributed by atoms with Gasteiger partial charge in [-0.3, -0.25) is 19.2 Å².